The molecule has 112 valence electrons. The predicted octanol–water partition coefficient (Wildman–Crippen LogP) is 2.72. The molecule has 0 saturated heterocycles. The second-order valence-electron chi connectivity index (χ2n) is 5.83. The lowest BCUT2D eigenvalue weighted by molar-refractivity contribution is -0.154. The molecule has 2 rings (SSSR count). The van der Waals surface area contributed by atoms with Gasteiger partial charge in [0.1, 0.15) is 28.9 Å². The molecule has 0 aliphatic heterocycles. The highest BCUT2D eigenvalue weighted by atomic mass is 16.6. The third kappa shape index (κ3) is 3.39. The van der Waals surface area contributed by atoms with Crippen LogP contribution in [-0.2, 0) is 16.0 Å². The molecule has 0 spiro atoms. The Hall–Kier alpha value is -2.37. The summed E-state index contributed by atoms with van der Waals surface area (Å²) in [5.41, 5.74) is 0.715. The Balaban J connectivity index is 2.41. The number of hydrogen-bond donors (Lipinski definition) is 1. The first-order chi connectivity index (χ1) is 9.67. The van der Waals surface area contributed by atoms with Gasteiger partial charge in [0, 0.05) is 6.20 Å². The number of pyridine rings is 1. The van der Waals surface area contributed by atoms with Gasteiger partial charge < -0.3 is 14.3 Å². The number of aromatic carboxylic acids is 1. The van der Waals surface area contributed by atoms with E-state index in [1.165, 1.54) is 0 Å². The lowest BCUT2D eigenvalue weighted by atomic mass is 10.1. The van der Waals surface area contributed by atoms with Crippen molar-refractivity contribution in [3.05, 3.63) is 29.2 Å². The first-order valence-corrected chi connectivity index (χ1v) is 6.50. The highest BCUT2D eigenvalue weighted by Gasteiger charge is 2.25. The standard InChI is InChI=1S/C15H17NO5/c1-8-5-10-13(16-7-8)12(14(18)19)9(20-10)6-11(17)21-15(2,3)4/h5,7H,6H2,1-4H3,(H,18,19). The Morgan fingerprint density at radius 3 is 2.62 bits per heavy atom. The first-order valence-electron chi connectivity index (χ1n) is 6.50. The maximum Gasteiger partial charge on any atom is 0.341 e. The quantitative estimate of drug-likeness (QED) is 0.874. The van der Waals surface area contributed by atoms with Crippen LogP contribution in [0.4, 0.5) is 0 Å². The summed E-state index contributed by atoms with van der Waals surface area (Å²) < 4.78 is 10.7. The maximum atomic E-state index is 11.9. The largest absolute Gasteiger partial charge is 0.477 e. The van der Waals surface area contributed by atoms with Crippen LogP contribution in [-0.4, -0.2) is 27.6 Å². The lowest BCUT2D eigenvalue weighted by Gasteiger charge is -2.19. The first kappa shape index (κ1) is 15.0. The number of aromatic nitrogens is 1. The molecule has 1 N–H and O–H groups in total. The third-order valence-electron chi connectivity index (χ3n) is 2.68. The van der Waals surface area contributed by atoms with Gasteiger partial charge in [0.05, 0.1) is 0 Å². The fourth-order valence-corrected chi connectivity index (χ4v) is 1.98. The molecule has 2 aromatic rings. The summed E-state index contributed by atoms with van der Waals surface area (Å²) in [4.78, 5) is 27.3. The Morgan fingerprint density at radius 2 is 2.05 bits per heavy atom. The molecule has 0 bridgehead atoms. The van der Waals surface area contributed by atoms with Crippen molar-refractivity contribution in [2.75, 3.05) is 0 Å². The molecule has 0 atom stereocenters. The number of fused-ring (bicyclic) bond motifs is 1. The van der Waals surface area contributed by atoms with E-state index in [1.54, 1.807) is 33.0 Å². The molecule has 2 aromatic heterocycles. The van der Waals surface area contributed by atoms with Crippen molar-refractivity contribution in [2.24, 2.45) is 0 Å². The molecular weight excluding hydrogens is 274 g/mol. The van der Waals surface area contributed by atoms with E-state index >= 15 is 0 Å². The average molecular weight is 291 g/mol. The van der Waals surface area contributed by atoms with Gasteiger partial charge in [-0.25, -0.2) is 4.79 Å². The Bertz CT molecular complexity index is 709. The number of carbonyl (C=O) groups excluding carboxylic acids is 1. The Kier molecular flexibility index (Phi) is 3.72. The van der Waals surface area contributed by atoms with E-state index in [-0.39, 0.29) is 23.3 Å². The fraction of sp³-hybridized carbons (Fsp3) is 0.400. The summed E-state index contributed by atoms with van der Waals surface area (Å²) in [6.07, 6.45) is 1.32. The number of ether oxygens (including phenoxy) is 1. The molecule has 0 aromatic carbocycles. The summed E-state index contributed by atoms with van der Waals surface area (Å²) in [7, 11) is 0. The van der Waals surface area contributed by atoms with Crippen molar-refractivity contribution in [3.63, 3.8) is 0 Å². The van der Waals surface area contributed by atoms with Crippen molar-refractivity contribution in [3.8, 4) is 0 Å². The van der Waals surface area contributed by atoms with Gasteiger partial charge in [0.15, 0.2) is 5.58 Å². The van der Waals surface area contributed by atoms with E-state index in [9.17, 15) is 14.7 Å². The zero-order valence-corrected chi connectivity index (χ0v) is 12.4. The molecular formula is C15H17NO5. The van der Waals surface area contributed by atoms with Crippen LogP contribution in [0.2, 0.25) is 0 Å². The number of carbonyl (C=O) groups is 2. The molecule has 6 nitrogen and oxygen atoms in total. The van der Waals surface area contributed by atoms with Crippen molar-refractivity contribution in [1.82, 2.24) is 4.98 Å². The summed E-state index contributed by atoms with van der Waals surface area (Å²) in [6, 6.07) is 1.69. The number of esters is 1. The monoisotopic (exact) mass is 291 g/mol. The van der Waals surface area contributed by atoms with Gasteiger partial charge in [-0.05, 0) is 39.3 Å². The van der Waals surface area contributed by atoms with Crippen LogP contribution < -0.4 is 0 Å². The second-order valence-corrected chi connectivity index (χ2v) is 5.83. The van der Waals surface area contributed by atoms with Gasteiger partial charge in [0.2, 0.25) is 0 Å². The molecule has 0 aliphatic rings. The number of aryl methyl sites for hydroxylation is 1. The Morgan fingerprint density at radius 1 is 1.38 bits per heavy atom. The van der Waals surface area contributed by atoms with Crippen LogP contribution in [0.3, 0.4) is 0 Å². The van der Waals surface area contributed by atoms with Gasteiger partial charge in [-0.2, -0.15) is 0 Å². The molecule has 0 amide bonds. The molecule has 0 saturated carbocycles. The van der Waals surface area contributed by atoms with Crippen molar-refractivity contribution in [2.45, 2.75) is 39.7 Å². The summed E-state index contributed by atoms with van der Waals surface area (Å²) >= 11 is 0. The number of rotatable bonds is 3. The molecule has 21 heavy (non-hydrogen) atoms. The normalized spacial score (nSPS) is 11.6. The maximum absolute atomic E-state index is 11.9. The fourth-order valence-electron chi connectivity index (χ4n) is 1.98. The molecule has 2 heterocycles. The highest BCUT2D eigenvalue weighted by Crippen LogP contribution is 2.26. The number of carboxylic acid groups (broad SMARTS) is 1. The van der Waals surface area contributed by atoms with Gasteiger partial charge >= 0.3 is 11.9 Å². The van der Waals surface area contributed by atoms with Crippen molar-refractivity contribution in [1.29, 1.82) is 0 Å². The summed E-state index contributed by atoms with van der Waals surface area (Å²) in [5, 5.41) is 9.32. The minimum atomic E-state index is -1.18. The van der Waals surface area contributed by atoms with E-state index in [4.69, 9.17) is 9.15 Å². The molecule has 0 fully saturated rings. The summed E-state index contributed by atoms with van der Waals surface area (Å²) in [5.74, 6) is -1.66. The minimum absolute atomic E-state index is 0.0600. The van der Waals surface area contributed by atoms with Crippen LogP contribution in [0.15, 0.2) is 16.7 Å². The van der Waals surface area contributed by atoms with E-state index < -0.39 is 17.5 Å². The minimum Gasteiger partial charge on any atom is -0.477 e. The SMILES string of the molecule is Cc1cnc2c(C(=O)O)c(CC(=O)OC(C)(C)C)oc2c1. The zero-order valence-electron chi connectivity index (χ0n) is 12.4. The Labute approximate surface area is 121 Å². The lowest BCUT2D eigenvalue weighted by Crippen LogP contribution is -2.25. The zero-order chi connectivity index (χ0) is 15.8. The van der Waals surface area contributed by atoms with E-state index in [1.807, 2.05) is 6.92 Å². The van der Waals surface area contributed by atoms with E-state index in [0.29, 0.717) is 5.58 Å². The molecule has 6 heteroatoms. The van der Waals surface area contributed by atoms with Crippen LogP contribution in [0, 0.1) is 6.92 Å². The van der Waals surface area contributed by atoms with E-state index in [2.05, 4.69) is 4.98 Å². The average Bonchev–Trinajstić information content (AvgIpc) is 2.62. The smallest absolute Gasteiger partial charge is 0.341 e. The van der Waals surface area contributed by atoms with Crippen LogP contribution >= 0.6 is 0 Å². The van der Waals surface area contributed by atoms with Gasteiger partial charge in [-0.3, -0.25) is 9.78 Å². The number of hydrogen-bond acceptors (Lipinski definition) is 5. The van der Waals surface area contributed by atoms with Crippen LogP contribution in [0.25, 0.3) is 11.1 Å². The highest BCUT2D eigenvalue weighted by molar-refractivity contribution is 6.02. The number of furan rings is 1. The molecule has 0 aliphatic carbocycles. The van der Waals surface area contributed by atoms with Crippen LogP contribution in [0.5, 0.6) is 0 Å². The third-order valence-corrected chi connectivity index (χ3v) is 2.68. The summed E-state index contributed by atoms with van der Waals surface area (Å²) in [6.45, 7) is 7.05. The molecule has 0 radical (unpaired) electrons. The predicted molar refractivity (Wildman–Crippen MR) is 75.3 cm³/mol. The number of nitrogens with zero attached hydrogens (tertiary/aromatic N) is 1. The van der Waals surface area contributed by atoms with Gasteiger partial charge in [-0.1, -0.05) is 0 Å². The molecule has 0 unspecified atom stereocenters. The van der Waals surface area contributed by atoms with Crippen LogP contribution in [0.1, 0.15) is 42.5 Å². The van der Waals surface area contributed by atoms with Gasteiger partial charge in [-0.15, -0.1) is 0 Å². The van der Waals surface area contributed by atoms with Gasteiger partial charge in [0.25, 0.3) is 0 Å². The number of carboxylic acids is 1. The van der Waals surface area contributed by atoms with Crippen molar-refractivity contribution < 1.29 is 23.8 Å². The second kappa shape index (κ2) is 5.20. The van der Waals surface area contributed by atoms with Crippen molar-refractivity contribution >= 4 is 23.0 Å². The topological polar surface area (TPSA) is 89.6 Å². The van der Waals surface area contributed by atoms with E-state index in [0.717, 1.165) is 5.56 Å².